The number of primary amides is 1. The third-order valence-electron chi connectivity index (χ3n) is 4.55. The molecule has 2 fully saturated rings. The maximum Gasteiger partial charge on any atom is 0.306 e. The van der Waals surface area contributed by atoms with E-state index in [1.165, 1.54) is 0 Å². The molecule has 0 aromatic rings. The predicted octanol–water partition coefficient (Wildman–Crippen LogP) is -0.493. The first-order valence-corrected chi connectivity index (χ1v) is 7.49. The van der Waals surface area contributed by atoms with Crippen LogP contribution in [0.2, 0.25) is 0 Å². The summed E-state index contributed by atoms with van der Waals surface area (Å²) >= 11 is 0. The van der Waals surface area contributed by atoms with Gasteiger partial charge in [-0.1, -0.05) is 0 Å². The van der Waals surface area contributed by atoms with Gasteiger partial charge in [0.15, 0.2) is 0 Å². The lowest BCUT2D eigenvalue weighted by molar-refractivity contribution is -0.146. The van der Waals surface area contributed by atoms with Gasteiger partial charge in [0, 0.05) is 19.0 Å². The van der Waals surface area contributed by atoms with Gasteiger partial charge < -0.3 is 15.7 Å². The van der Waals surface area contributed by atoms with Crippen LogP contribution in [0.1, 0.15) is 25.7 Å². The molecule has 0 aromatic heterocycles. The van der Waals surface area contributed by atoms with E-state index in [1.54, 1.807) is 4.90 Å². The molecule has 0 bridgehead atoms. The third-order valence-corrected chi connectivity index (χ3v) is 4.55. The van der Waals surface area contributed by atoms with Crippen LogP contribution in [0, 0.1) is 11.8 Å². The number of rotatable bonds is 4. The Morgan fingerprint density at radius 1 is 0.952 bits per heavy atom. The number of likely N-dealkylation sites (tertiary alicyclic amines) is 2. The molecule has 0 aliphatic carbocycles. The van der Waals surface area contributed by atoms with Crippen LogP contribution >= 0.6 is 0 Å². The van der Waals surface area contributed by atoms with Crippen molar-refractivity contribution in [3.8, 4) is 0 Å². The van der Waals surface area contributed by atoms with E-state index < -0.39 is 5.97 Å². The van der Waals surface area contributed by atoms with E-state index in [1.807, 2.05) is 4.90 Å². The minimum atomic E-state index is -0.768. The topological polar surface area (TPSA) is 104 Å². The first-order valence-electron chi connectivity index (χ1n) is 7.49. The molecule has 2 amide bonds. The fourth-order valence-electron chi connectivity index (χ4n) is 3.04. The van der Waals surface area contributed by atoms with Gasteiger partial charge in [-0.2, -0.15) is 0 Å². The molecule has 7 heteroatoms. The number of carbonyl (C=O) groups excluding carboxylic acids is 2. The first kappa shape index (κ1) is 15.8. The van der Waals surface area contributed by atoms with Gasteiger partial charge in [0.05, 0.1) is 12.5 Å². The van der Waals surface area contributed by atoms with Gasteiger partial charge in [0.1, 0.15) is 0 Å². The third kappa shape index (κ3) is 4.17. The predicted molar refractivity (Wildman–Crippen MR) is 75.3 cm³/mol. The monoisotopic (exact) mass is 297 g/mol. The molecular weight excluding hydrogens is 274 g/mol. The van der Waals surface area contributed by atoms with Crippen molar-refractivity contribution in [2.24, 2.45) is 17.6 Å². The fraction of sp³-hybridized carbons (Fsp3) is 0.786. The van der Waals surface area contributed by atoms with Gasteiger partial charge in [-0.05, 0) is 38.8 Å². The second-order valence-corrected chi connectivity index (χ2v) is 5.95. The Hall–Kier alpha value is -1.63. The molecule has 21 heavy (non-hydrogen) atoms. The van der Waals surface area contributed by atoms with Gasteiger partial charge in [0.25, 0.3) is 0 Å². The number of nitrogens with zero attached hydrogens (tertiary/aromatic N) is 2. The molecular formula is C14H23N3O4. The van der Waals surface area contributed by atoms with Crippen LogP contribution in [-0.4, -0.2) is 65.4 Å². The van der Waals surface area contributed by atoms with Crippen LogP contribution in [0.5, 0.6) is 0 Å². The lowest BCUT2D eigenvalue weighted by Gasteiger charge is -2.34. The zero-order valence-electron chi connectivity index (χ0n) is 12.2. The number of aliphatic carboxylic acids is 1. The van der Waals surface area contributed by atoms with E-state index in [0.717, 1.165) is 0 Å². The smallest absolute Gasteiger partial charge is 0.306 e. The van der Waals surface area contributed by atoms with E-state index in [4.69, 9.17) is 10.8 Å². The maximum absolute atomic E-state index is 12.2. The zero-order chi connectivity index (χ0) is 15.4. The summed E-state index contributed by atoms with van der Waals surface area (Å²) in [6.07, 6.45) is 2.49. The van der Waals surface area contributed by atoms with Crippen molar-refractivity contribution < 1.29 is 19.5 Å². The van der Waals surface area contributed by atoms with Crippen molar-refractivity contribution in [1.29, 1.82) is 0 Å². The Bertz CT molecular complexity index is 410. The summed E-state index contributed by atoms with van der Waals surface area (Å²) in [5.41, 5.74) is 5.29. The van der Waals surface area contributed by atoms with Gasteiger partial charge >= 0.3 is 5.97 Å². The van der Waals surface area contributed by atoms with Gasteiger partial charge in [-0.3, -0.25) is 19.3 Å². The minimum absolute atomic E-state index is 0.0522. The van der Waals surface area contributed by atoms with Crippen LogP contribution < -0.4 is 5.73 Å². The van der Waals surface area contributed by atoms with Crippen molar-refractivity contribution in [3.63, 3.8) is 0 Å². The molecule has 0 atom stereocenters. The van der Waals surface area contributed by atoms with Gasteiger partial charge in [-0.15, -0.1) is 0 Å². The number of nitrogens with two attached hydrogens (primary N) is 1. The van der Waals surface area contributed by atoms with Gasteiger partial charge in [0.2, 0.25) is 11.8 Å². The molecule has 2 saturated heterocycles. The molecule has 0 spiro atoms. The second-order valence-electron chi connectivity index (χ2n) is 5.95. The van der Waals surface area contributed by atoms with Gasteiger partial charge in [-0.25, -0.2) is 0 Å². The quantitative estimate of drug-likeness (QED) is 0.728. The van der Waals surface area contributed by atoms with Crippen LogP contribution in [0.4, 0.5) is 0 Å². The molecule has 7 nitrogen and oxygen atoms in total. The lowest BCUT2D eigenvalue weighted by Crippen LogP contribution is -2.47. The Morgan fingerprint density at radius 2 is 1.48 bits per heavy atom. The summed E-state index contributed by atoms with van der Waals surface area (Å²) in [5, 5.41) is 8.94. The van der Waals surface area contributed by atoms with Crippen LogP contribution in [-0.2, 0) is 14.4 Å². The number of carboxylic acid groups (broad SMARTS) is 1. The average molecular weight is 297 g/mol. The van der Waals surface area contributed by atoms with Crippen molar-refractivity contribution in [2.45, 2.75) is 25.7 Å². The lowest BCUT2D eigenvalue weighted by atomic mass is 9.96. The summed E-state index contributed by atoms with van der Waals surface area (Å²) in [5.74, 6) is -1.35. The minimum Gasteiger partial charge on any atom is -0.481 e. The second kappa shape index (κ2) is 6.89. The number of hydrogen-bond acceptors (Lipinski definition) is 4. The number of carbonyl (C=O) groups is 3. The summed E-state index contributed by atoms with van der Waals surface area (Å²) < 4.78 is 0. The Kier molecular flexibility index (Phi) is 5.17. The normalized spacial score (nSPS) is 22.2. The van der Waals surface area contributed by atoms with Crippen LogP contribution in [0.25, 0.3) is 0 Å². The molecule has 0 aromatic carbocycles. The van der Waals surface area contributed by atoms with Crippen molar-refractivity contribution in [2.75, 3.05) is 32.7 Å². The molecule has 2 aliphatic rings. The number of hydrogen-bond donors (Lipinski definition) is 2. The number of amides is 2. The first-order chi connectivity index (χ1) is 9.97. The standard InChI is InChI=1S/C14H23N3O4/c15-13(19)10-1-5-16(6-2-10)9-12(18)17-7-3-11(4-8-17)14(20)21/h10-11H,1-9H2,(H2,15,19)(H,20,21). The SMILES string of the molecule is NC(=O)C1CCN(CC(=O)N2CCC(C(=O)O)CC2)CC1. The van der Waals surface area contributed by atoms with E-state index in [0.29, 0.717) is 58.4 Å². The highest BCUT2D eigenvalue weighted by Crippen LogP contribution is 2.19. The van der Waals surface area contributed by atoms with E-state index >= 15 is 0 Å². The maximum atomic E-state index is 12.2. The average Bonchev–Trinajstić information content (AvgIpc) is 2.47. The Balaban J connectivity index is 1.73. The molecule has 2 aliphatic heterocycles. The summed E-state index contributed by atoms with van der Waals surface area (Å²) in [7, 11) is 0. The summed E-state index contributed by atoms with van der Waals surface area (Å²) in [4.78, 5) is 38.0. The largest absolute Gasteiger partial charge is 0.481 e. The molecule has 118 valence electrons. The van der Waals surface area contributed by atoms with E-state index in [9.17, 15) is 14.4 Å². The molecule has 2 rings (SSSR count). The zero-order valence-corrected chi connectivity index (χ0v) is 12.2. The highest BCUT2D eigenvalue weighted by molar-refractivity contribution is 5.79. The van der Waals surface area contributed by atoms with Crippen molar-refractivity contribution in [1.82, 2.24) is 9.80 Å². The highest BCUT2D eigenvalue weighted by Gasteiger charge is 2.29. The number of carboxylic acids is 1. The number of piperidine rings is 2. The molecule has 0 unspecified atom stereocenters. The molecule has 3 N–H and O–H groups in total. The molecule has 0 saturated carbocycles. The van der Waals surface area contributed by atoms with E-state index in [2.05, 4.69) is 0 Å². The van der Waals surface area contributed by atoms with E-state index in [-0.39, 0.29) is 23.7 Å². The van der Waals surface area contributed by atoms with Crippen molar-refractivity contribution in [3.05, 3.63) is 0 Å². The molecule has 0 radical (unpaired) electrons. The fourth-order valence-corrected chi connectivity index (χ4v) is 3.04. The highest BCUT2D eigenvalue weighted by atomic mass is 16.4. The Morgan fingerprint density at radius 3 is 1.95 bits per heavy atom. The molecule has 2 heterocycles. The van der Waals surface area contributed by atoms with Crippen LogP contribution in [0.3, 0.4) is 0 Å². The van der Waals surface area contributed by atoms with Crippen LogP contribution in [0.15, 0.2) is 0 Å². The van der Waals surface area contributed by atoms with Crippen molar-refractivity contribution >= 4 is 17.8 Å². The summed E-state index contributed by atoms with van der Waals surface area (Å²) in [6, 6.07) is 0. The summed E-state index contributed by atoms with van der Waals surface area (Å²) in [6.45, 7) is 2.82. The Labute approximate surface area is 124 Å².